The van der Waals surface area contributed by atoms with E-state index in [-0.39, 0.29) is 30.4 Å². The lowest BCUT2D eigenvalue weighted by atomic mass is 9.91. The van der Waals surface area contributed by atoms with Crippen molar-refractivity contribution in [2.75, 3.05) is 13.2 Å². The summed E-state index contributed by atoms with van der Waals surface area (Å²) in [5.74, 6) is 0.297. The van der Waals surface area contributed by atoms with Crippen LogP contribution in [-0.4, -0.2) is 19.2 Å². The highest BCUT2D eigenvalue weighted by molar-refractivity contribution is 7.48. The Kier molecular flexibility index (Phi) is 6.01. The normalized spacial score (nSPS) is 18.8. The highest BCUT2D eigenvalue weighted by atomic mass is 31.2. The Hall–Kier alpha value is -1.62. The minimum absolute atomic E-state index is 0.166. The average Bonchev–Trinajstić information content (AvgIpc) is 2.58. The van der Waals surface area contributed by atoms with Crippen molar-refractivity contribution in [3.8, 4) is 5.75 Å². The Balaban J connectivity index is 1.99. The second-order valence-corrected chi connectivity index (χ2v) is 9.42. The van der Waals surface area contributed by atoms with E-state index in [1.54, 1.807) is 24.3 Å². The smallest absolute Gasteiger partial charge is 0.426 e. The van der Waals surface area contributed by atoms with Gasteiger partial charge in [-0.1, -0.05) is 27.4 Å². The van der Waals surface area contributed by atoms with Crippen LogP contribution in [0, 0.1) is 10.8 Å². The highest BCUT2D eigenvalue weighted by Crippen LogP contribution is 2.56. The van der Waals surface area contributed by atoms with E-state index in [0.717, 1.165) is 0 Å². The second kappa shape index (κ2) is 7.55. The fourth-order valence-corrected chi connectivity index (χ4v) is 3.50. The first-order chi connectivity index (χ1) is 12.0. The number of carbonyl (C=O) groups excluding carboxylic acids is 1. The van der Waals surface area contributed by atoms with Gasteiger partial charge in [0.05, 0.1) is 18.6 Å². The molecule has 1 heterocycles. The Bertz CT molecular complexity index is 706. The predicted molar refractivity (Wildman–Crippen MR) is 99.6 cm³/mol. The van der Waals surface area contributed by atoms with Gasteiger partial charge in [-0.2, -0.15) is 0 Å². The Morgan fingerprint density at radius 3 is 2.27 bits per heavy atom. The van der Waals surface area contributed by atoms with E-state index in [2.05, 4.69) is 6.58 Å². The van der Waals surface area contributed by atoms with Crippen LogP contribution in [0.3, 0.4) is 0 Å². The van der Waals surface area contributed by atoms with Crippen LogP contribution in [0.5, 0.6) is 5.75 Å². The Morgan fingerprint density at radius 1 is 1.23 bits per heavy atom. The first-order valence-corrected chi connectivity index (χ1v) is 10.0. The summed E-state index contributed by atoms with van der Waals surface area (Å²) in [7, 11) is -3.66. The number of phosphoric ester groups is 1. The quantitative estimate of drug-likeness (QED) is 0.292. The average molecular weight is 382 g/mol. The first kappa shape index (κ1) is 20.7. The molecular weight excluding hydrogens is 355 g/mol. The number of carbonyl (C=O) groups is 1. The summed E-state index contributed by atoms with van der Waals surface area (Å²) in [5, 5.41) is 0. The van der Waals surface area contributed by atoms with Crippen LogP contribution in [-0.2, 0) is 22.9 Å². The summed E-state index contributed by atoms with van der Waals surface area (Å²) in [6, 6.07) is 6.61. The van der Waals surface area contributed by atoms with Gasteiger partial charge in [0.1, 0.15) is 11.5 Å². The summed E-state index contributed by atoms with van der Waals surface area (Å²) in [6.07, 6.45) is 0.681. The van der Waals surface area contributed by atoms with Gasteiger partial charge in [0, 0.05) is 11.0 Å². The summed E-state index contributed by atoms with van der Waals surface area (Å²) >= 11 is 0. The van der Waals surface area contributed by atoms with Crippen molar-refractivity contribution >= 4 is 19.6 Å². The summed E-state index contributed by atoms with van der Waals surface area (Å²) in [6.45, 7) is 13.8. The molecule has 1 aliphatic heterocycles. The molecule has 26 heavy (non-hydrogen) atoms. The highest BCUT2D eigenvalue weighted by Gasteiger charge is 2.39. The van der Waals surface area contributed by atoms with Gasteiger partial charge in [0.15, 0.2) is 0 Å². The minimum atomic E-state index is -3.66. The summed E-state index contributed by atoms with van der Waals surface area (Å²) < 4.78 is 33.8. The van der Waals surface area contributed by atoms with Crippen molar-refractivity contribution in [1.29, 1.82) is 0 Å². The first-order valence-electron chi connectivity index (χ1n) is 8.57. The van der Waals surface area contributed by atoms with Crippen LogP contribution in [0.4, 0.5) is 0 Å². The third-order valence-corrected chi connectivity index (χ3v) is 5.61. The van der Waals surface area contributed by atoms with Gasteiger partial charge < -0.3 is 9.26 Å². The van der Waals surface area contributed by atoms with Gasteiger partial charge in [0.25, 0.3) is 0 Å². The molecule has 1 aromatic rings. The van der Waals surface area contributed by atoms with Crippen LogP contribution in [0.1, 0.15) is 46.6 Å². The molecule has 144 valence electrons. The lowest BCUT2D eigenvalue weighted by Gasteiger charge is -2.33. The predicted octanol–water partition coefficient (Wildman–Crippen LogP) is 5.20. The second-order valence-electron chi connectivity index (χ2n) is 7.82. The lowest BCUT2D eigenvalue weighted by molar-refractivity contribution is -0.144. The van der Waals surface area contributed by atoms with Crippen LogP contribution in [0.2, 0.25) is 0 Å². The fourth-order valence-electron chi connectivity index (χ4n) is 1.93. The van der Waals surface area contributed by atoms with Crippen LogP contribution >= 0.6 is 7.82 Å². The van der Waals surface area contributed by atoms with E-state index in [0.29, 0.717) is 17.7 Å². The van der Waals surface area contributed by atoms with E-state index in [9.17, 15) is 9.36 Å². The van der Waals surface area contributed by atoms with Gasteiger partial charge >= 0.3 is 13.8 Å². The van der Waals surface area contributed by atoms with Crippen LogP contribution < -0.4 is 4.74 Å². The zero-order valence-corrected chi connectivity index (χ0v) is 16.9. The molecule has 1 fully saturated rings. The molecule has 1 aromatic carbocycles. The van der Waals surface area contributed by atoms with E-state index < -0.39 is 13.2 Å². The maximum Gasteiger partial charge on any atom is 0.530 e. The largest absolute Gasteiger partial charge is 0.530 e. The minimum Gasteiger partial charge on any atom is -0.426 e. The number of phosphoric acid groups is 1. The van der Waals surface area contributed by atoms with Gasteiger partial charge in [-0.25, -0.2) is 4.57 Å². The summed E-state index contributed by atoms with van der Waals surface area (Å²) in [5.41, 5.74) is -0.170. The Labute approximate surface area is 155 Å². The molecule has 0 unspecified atom stereocenters. The van der Waals surface area contributed by atoms with Crippen molar-refractivity contribution in [2.45, 2.75) is 41.0 Å². The number of benzene rings is 1. The van der Waals surface area contributed by atoms with Crippen molar-refractivity contribution in [3.63, 3.8) is 0 Å². The molecule has 0 saturated carbocycles. The zero-order valence-electron chi connectivity index (χ0n) is 16.0. The molecular formula is C19H27O6P. The molecule has 0 spiro atoms. The third-order valence-electron chi connectivity index (χ3n) is 4.27. The molecule has 1 aliphatic rings. The molecule has 6 nitrogen and oxygen atoms in total. The van der Waals surface area contributed by atoms with Crippen molar-refractivity contribution in [1.82, 2.24) is 0 Å². The summed E-state index contributed by atoms with van der Waals surface area (Å²) in [4.78, 5) is 12.1. The molecule has 0 atom stereocenters. The number of hydrogen-bond donors (Lipinski definition) is 0. The maximum absolute atomic E-state index is 12.5. The molecule has 0 N–H and O–H groups in total. The van der Waals surface area contributed by atoms with E-state index in [4.69, 9.17) is 18.3 Å². The molecule has 0 radical (unpaired) electrons. The SMILES string of the molecule is C=C(OP1(=O)OCC(C)(C)CO1)c1ccc(OC(=O)C(C)(C)CC)cc1. The van der Waals surface area contributed by atoms with Gasteiger partial charge in [0.2, 0.25) is 0 Å². The van der Waals surface area contributed by atoms with Crippen molar-refractivity contribution in [3.05, 3.63) is 36.4 Å². The molecule has 0 bridgehead atoms. The van der Waals surface area contributed by atoms with Crippen LogP contribution in [0.25, 0.3) is 5.76 Å². The number of hydrogen-bond acceptors (Lipinski definition) is 6. The molecule has 0 aromatic heterocycles. The van der Waals surface area contributed by atoms with E-state index in [1.807, 2.05) is 34.6 Å². The zero-order chi connectivity index (χ0) is 19.6. The maximum atomic E-state index is 12.5. The topological polar surface area (TPSA) is 71.1 Å². The van der Waals surface area contributed by atoms with Crippen molar-refractivity contribution in [2.24, 2.45) is 10.8 Å². The van der Waals surface area contributed by atoms with Gasteiger partial charge in [-0.15, -0.1) is 0 Å². The van der Waals surface area contributed by atoms with Crippen molar-refractivity contribution < 1.29 is 27.7 Å². The van der Waals surface area contributed by atoms with Gasteiger partial charge in [-0.3, -0.25) is 13.8 Å². The molecule has 0 amide bonds. The Morgan fingerprint density at radius 2 is 1.77 bits per heavy atom. The molecule has 1 saturated heterocycles. The van der Waals surface area contributed by atoms with Gasteiger partial charge in [-0.05, 0) is 44.5 Å². The standard InChI is InChI=1S/C19H27O6P/c1-7-19(5,6)17(20)24-16-10-8-15(9-11-16)14(2)25-26(21)22-12-18(3,4)13-23-26/h8-11H,2,7,12-13H2,1,3-6H3. The molecule has 2 rings (SSSR count). The van der Waals surface area contributed by atoms with E-state index in [1.165, 1.54) is 0 Å². The molecule has 7 heteroatoms. The number of rotatable bonds is 6. The molecule has 0 aliphatic carbocycles. The number of esters is 1. The van der Waals surface area contributed by atoms with Crippen LogP contribution in [0.15, 0.2) is 30.8 Å². The van der Waals surface area contributed by atoms with E-state index >= 15 is 0 Å². The number of ether oxygens (including phenoxy) is 1. The third kappa shape index (κ3) is 5.19. The fraction of sp³-hybridized carbons (Fsp3) is 0.526. The lowest BCUT2D eigenvalue weighted by Crippen LogP contribution is -2.29. The monoisotopic (exact) mass is 382 g/mol.